The fraction of sp³-hybridized carbons (Fsp3) is 0.167. The van der Waals surface area contributed by atoms with Crippen molar-refractivity contribution in [2.75, 3.05) is 17.6 Å². The summed E-state index contributed by atoms with van der Waals surface area (Å²) in [6, 6.07) is 7.82. The first kappa shape index (κ1) is 16.3. The molecule has 114 valence electrons. The summed E-state index contributed by atoms with van der Waals surface area (Å²) in [6.07, 6.45) is 10.3. The zero-order valence-corrected chi connectivity index (χ0v) is 13.5. The van der Waals surface area contributed by atoms with Crippen LogP contribution < -0.4 is 10.6 Å². The lowest BCUT2D eigenvalue weighted by molar-refractivity contribution is -0.583. The molecule has 4 heteroatoms. The normalized spacial score (nSPS) is 17.5. The topological polar surface area (TPSA) is 45.7 Å². The number of hydrogen-bond donors (Lipinski definition) is 2. The molecule has 1 amide bonds. The molecule has 0 spiro atoms. The maximum atomic E-state index is 11.0. The molecule has 22 heavy (non-hydrogen) atoms. The molecule has 0 atom stereocenters. The molecule has 0 radical (unpaired) electrons. The molecule has 0 saturated carbocycles. The maximum absolute atomic E-state index is 11.0. The van der Waals surface area contributed by atoms with E-state index in [1.165, 1.54) is 11.8 Å². The van der Waals surface area contributed by atoms with Gasteiger partial charge in [0.1, 0.15) is 0 Å². The Morgan fingerprint density at radius 1 is 1.32 bits per heavy atom. The van der Waals surface area contributed by atoms with Crippen LogP contribution in [0.4, 0.5) is 5.69 Å². The second-order valence-corrected chi connectivity index (χ2v) is 6.09. The Morgan fingerprint density at radius 3 is 2.82 bits per heavy atom. The number of amides is 1. The van der Waals surface area contributed by atoms with Crippen molar-refractivity contribution in [1.29, 1.82) is 0 Å². The Hall–Kier alpha value is -2.04. The van der Waals surface area contributed by atoms with Crippen LogP contribution in [0.5, 0.6) is 0 Å². The highest BCUT2D eigenvalue weighted by molar-refractivity contribution is 8.03. The SMILES string of the molecule is C=C1C=CC=C[NH2+]CCSC1=Cc1ccc(NC(C)=O)cc1. The van der Waals surface area contributed by atoms with E-state index in [-0.39, 0.29) is 5.91 Å². The van der Waals surface area contributed by atoms with E-state index in [4.69, 9.17) is 0 Å². The van der Waals surface area contributed by atoms with Crippen LogP contribution >= 0.6 is 11.8 Å². The summed E-state index contributed by atoms with van der Waals surface area (Å²) >= 11 is 1.81. The molecular weight excluding hydrogens is 292 g/mol. The second kappa shape index (κ2) is 8.41. The molecule has 2 rings (SSSR count). The molecule has 0 bridgehead atoms. The Balaban J connectivity index is 2.17. The summed E-state index contributed by atoms with van der Waals surface area (Å²) in [6.45, 7) is 6.70. The van der Waals surface area contributed by atoms with E-state index in [0.29, 0.717) is 0 Å². The van der Waals surface area contributed by atoms with Crippen molar-refractivity contribution in [1.82, 2.24) is 0 Å². The lowest BCUT2D eigenvalue weighted by Gasteiger charge is -2.08. The van der Waals surface area contributed by atoms with Gasteiger partial charge in [-0.1, -0.05) is 30.9 Å². The first-order chi connectivity index (χ1) is 10.6. The van der Waals surface area contributed by atoms with Gasteiger partial charge in [-0.05, 0) is 35.4 Å². The van der Waals surface area contributed by atoms with Gasteiger partial charge in [0.15, 0.2) is 0 Å². The number of hydrogen-bond acceptors (Lipinski definition) is 2. The molecule has 3 nitrogen and oxygen atoms in total. The first-order valence-corrected chi connectivity index (χ1v) is 8.22. The van der Waals surface area contributed by atoms with Gasteiger partial charge in [0.2, 0.25) is 5.91 Å². The summed E-state index contributed by atoms with van der Waals surface area (Å²) < 4.78 is 0. The summed E-state index contributed by atoms with van der Waals surface area (Å²) in [7, 11) is 0. The van der Waals surface area contributed by atoms with Gasteiger partial charge in [-0.15, -0.1) is 11.8 Å². The smallest absolute Gasteiger partial charge is 0.221 e. The predicted octanol–water partition coefficient (Wildman–Crippen LogP) is 2.92. The number of allylic oxidation sites excluding steroid dienone is 4. The number of carbonyl (C=O) groups is 1. The van der Waals surface area contributed by atoms with E-state index in [1.807, 2.05) is 54.3 Å². The zero-order chi connectivity index (χ0) is 15.8. The van der Waals surface area contributed by atoms with Crippen molar-refractivity contribution < 1.29 is 10.1 Å². The summed E-state index contributed by atoms with van der Waals surface area (Å²) in [5, 5.41) is 4.94. The van der Waals surface area contributed by atoms with Crippen molar-refractivity contribution in [3.05, 3.63) is 71.3 Å². The van der Waals surface area contributed by atoms with Crippen LogP contribution in [0.1, 0.15) is 12.5 Å². The zero-order valence-electron chi connectivity index (χ0n) is 12.7. The molecule has 0 aliphatic carbocycles. The van der Waals surface area contributed by atoms with Gasteiger partial charge in [0.05, 0.1) is 12.7 Å². The molecule has 1 aromatic rings. The minimum atomic E-state index is -0.0585. The molecule has 1 aliphatic heterocycles. The van der Waals surface area contributed by atoms with Gasteiger partial charge in [-0.25, -0.2) is 0 Å². The molecule has 1 aliphatic rings. The van der Waals surface area contributed by atoms with Gasteiger partial charge in [-0.3, -0.25) is 4.79 Å². The third-order valence-electron chi connectivity index (χ3n) is 3.04. The van der Waals surface area contributed by atoms with E-state index in [2.05, 4.69) is 29.5 Å². The highest BCUT2D eigenvalue weighted by atomic mass is 32.2. The third kappa shape index (κ3) is 5.39. The fourth-order valence-corrected chi connectivity index (χ4v) is 2.92. The average Bonchev–Trinajstić information content (AvgIpc) is 2.49. The van der Waals surface area contributed by atoms with E-state index in [1.54, 1.807) is 0 Å². The molecule has 3 N–H and O–H groups in total. The Labute approximate surface area is 135 Å². The number of carbonyl (C=O) groups excluding carboxylic acids is 1. The summed E-state index contributed by atoms with van der Waals surface area (Å²) in [5.41, 5.74) is 2.93. The number of nitrogens with one attached hydrogen (secondary N) is 1. The number of nitrogens with two attached hydrogens (primary N) is 1. The molecule has 0 unspecified atom stereocenters. The first-order valence-electron chi connectivity index (χ1n) is 7.23. The highest BCUT2D eigenvalue weighted by Gasteiger charge is 2.04. The average molecular weight is 313 g/mol. The van der Waals surface area contributed by atoms with E-state index >= 15 is 0 Å². The van der Waals surface area contributed by atoms with Gasteiger partial charge >= 0.3 is 0 Å². The number of benzene rings is 1. The van der Waals surface area contributed by atoms with Crippen LogP contribution in [-0.2, 0) is 4.79 Å². The fourth-order valence-electron chi connectivity index (χ4n) is 1.97. The minimum Gasteiger partial charge on any atom is -0.326 e. The lowest BCUT2D eigenvalue weighted by atomic mass is 10.1. The molecular formula is C18H21N2OS+. The van der Waals surface area contributed by atoms with Crippen molar-refractivity contribution in [3.8, 4) is 0 Å². The number of quaternary nitrogens is 1. The third-order valence-corrected chi connectivity index (χ3v) is 4.17. The summed E-state index contributed by atoms with van der Waals surface area (Å²) in [4.78, 5) is 12.2. The van der Waals surface area contributed by atoms with Crippen molar-refractivity contribution in [2.45, 2.75) is 6.92 Å². The van der Waals surface area contributed by atoms with Crippen LogP contribution in [0.15, 0.2) is 65.8 Å². The van der Waals surface area contributed by atoms with Crippen LogP contribution in [0, 0.1) is 0 Å². The van der Waals surface area contributed by atoms with Crippen LogP contribution in [-0.4, -0.2) is 18.2 Å². The molecule has 1 heterocycles. The number of rotatable bonds is 2. The lowest BCUT2D eigenvalue weighted by Crippen LogP contribution is -2.78. The van der Waals surface area contributed by atoms with Crippen molar-refractivity contribution in [3.63, 3.8) is 0 Å². The van der Waals surface area contributed by atoms with Gasteiger partial charge in [0, 0.05) is 23.3 Å². The van der Waals surface area contributed by atoms with E-state index in [0.717, 1.165) is 29.1 Å². The molecule has 1 aromatic carbocycles. The Kier molecular flexibility index (Phi) is 6.25. The van der Waals surface area contributed by atoms with Gasteiger partial charge in [0.25, 0.3) is 0 Å². The predicted molar refractivity (Wildman–Crippen MR) is 95.4 cm³/mol. The van der Waals surface area contributed by atoms with E-state index in [9.17, 15) is 4.79 Å². The number of thioether (sulfide) groups is 1. The molecule has 0 saturated heterocycles. The van der Waals surface area contributed by atoms with Crippen molar-refractivity contribution in [2.24, 2.45) is 0 Å². The second-order valence-electron chi connectivity index (χ2n) is 4.95. The minimum absolute atomic E-state index is 0.0585. The Morgan fingerprint density at radius 2 is 2.09 bits per heavy atom. The van der Waals surface area contributed by atoms with E-state index < -0.39 is 0 Å². The monoisotopic (exact) mass is 313 g/mol. The molecule has 0 fully saturated rings. The van der Waals surface area contributed by atoms with Crippen LogP contribution in [0.25, 0.3) is 6.08 Å². The quantitative estimate of drug-likeness (QED) is 0.882. The van der Waals surface area contributed by atoms with Gasteiger partial charge < -0.3 is 10.6 Å². The number of anilines is 1. The maximum Gasteiger partial charge on any atom is 0.221 e. The highest BCUT2D eigenvalue weighted by Crippen LogP contribution is 2.27. The van der Waals surface area contributed by atoms with Crippen LogP contribution in [0.2, 0.25) is 0 Å². The molecule has 0 aromatic heterocycles. The Bertz CT molecular complexity index is 627. The summed E-state index contributed by atoms with van der Waals surface area (Å²) in [5.74, 6) is 0.976. The van der Waals surface area contributed by atoms with Crippen LogP contribution in [0.3, 0.4) is 0 Å². The standard InChI is InChI=1S/C18H20N2OS/c1-14-5-3-4-10-19-11-12-22-18(14)13-16-6-8-17(9-7-16)20-15(2)21/h3-10,13,19H,1,11-12H2,2H3,(H,20,21)/p+1. The largest absolute Gasteiger partial charge is 0.326 e. The van der Waals surface area contributed by atoms with Crippen molar-refractivity contribution >= 4 is 29.4 Å². The van der Waals surface area contributed by atoms with Gasteiger partial charge in [-0.2, -0.15) is 0 Å².